The second kappa shape index (κ2) is 5.13. The number of benzene rings is 2. The summed E-state index contributed by atoms with van der Waals surface area (Å²) in [5.41, 5.74) is 0.354. The minimum Gasteiger partial charge on any atom is -0.416 e. The zero-order chi connectivity index (χ0) is 14.1. The molecule has 2 aromatic carbocycles. The summed E-state index contributed by atoms with van der Waals surface area (Å²) in [7, 11) is 0. The van der Waals surface area contributed by atoms with Crippen molar-refractivity contribution in [3.63, 3.8) is 0 Å². The molecule has 0 spiro atoms. The molecule has 0 N–H and O–H groups in total. The smallest absolute Gasteiger partial charge is 0.254 e. The summed E-state index contributed by atoms with van der Waals surface area (Å²) in [6.45, 7) is 0. The Morgan fingerprint density at radius 1 is 0.900 bits per heavy atom. The number of nitrogens with zero attached hydrogens (tertiary/aromatic N) is 2. The number of hydrogen-bond acceptors (Lipinski definition) is 3. The fourth-order valence-corrected chi connectivity index (χ4v) is 2.17. The molecule has 0 amide bonds. The van der Waals surface area contributed by atoms with Gasteiger partial charge in [0.15, 0.2) is 0 Å². The molecular formula is C14H7BrF2N2O. The average Bonchev–Trinajstić information content (AvgIpc) is 2.88. The highest BCUT2D eigenvalue weighted by Crippen LogP contribution is 2.30. The maximum absolute atomic E-state index is 13.8. The molecule has 0 aliphatic carbocycles. The van der Waals surface area contributed by atoms with Gasteiger partial charge in [-0.3, -0.25) is 0 Å². The molecule has 0 unspecified atom stereocenters. The van der Waals surface area contributed by atoms with Crippen LogP contribution in [0.1, 0.15) is 0 Å². The topological polar surface area (TPSA) is 38.9 Å². The van der Waals surface area contributed by atoms with E-state index < -0.39 is 11.6 Å². The predicted octanol–water partition coefficient (Wildman–Crippen LogP) is 4.44. The van der Waals surface area contributed by atoms with Gasteiger partial charge in [0.1, 0.15) is 17.2 Å². The maximum Gasteiger partial charge on any atom is 0.254 e. The van der Waals surface area contributed by atoms with Gasteiger partial charge in [-0.2, -0.15) is 0 Å². The molecule has 1 aromatic heterocycles. The Kier molecular flexibility index (Phi) is 3.31. The first-order chi connectivity index (χ1) is 9.65. The summed E-state index contributed by atoms with van der Waals surface area (Å²) in [5, 5.41) is 7.51. The van der Waals surface area contributed by atoms with Crippen LogP contribution in [0.5, 0.6) is 0 Å². The van der Waals surface area contributed by atoms with E-state index in [1.807, 2.05) is 6.07 Å². The van der Waals surface area contributed by atoms with Gasteiger partial charge in [-0.05, 0) is 24.3 Å². The molecule has 3 nitrogen and oxygen atoms in total. The van der Waals surface area contributed by atoms with Crippen molar-refractivity contribution in [2.75, 3.05) is 0 Å². The van der Waals surface area contributed by atoms with Crippen LogP contribution >= 0.6 is 15.9 Å². The van der Waals surface area contributed by atoms with Gasteiger partial charge in [-0.25, -0.2) is 8.78 Å². The second-order valence-corrected chi connectivity index (χ2v) is 4.94. The monoisotopic (exact) mass is 336 g/mol. The zero-order valence-corrected chi connectivity index (χ0v) is 11.6. The molecule has 6 heteroatoms. The number of rotatable bonds is 2. The van der Waals surface area contributed by atoms with Crippen molar-refractivity contribution in [3.05, 3.63) is 58.6 Å². The van der Waals surface area contributed by atoms with Crippen molar-refractivity contribution < 1.29 is 13.2 Å². The first kappa shape index (κ1) is 12.9. The summed E-state index contributed by atoms with van der Waals surface area (Å²) in [6, 6.07) is 11.3. The lowest BCUT2D eigenvalue weighted by atomic mass is 10.2. The molecule has 0 radical (unpaired) electrons. The number of aromatic nitrogens is 2. The van der Waals surface area contributed by atoms with E-state index in [0.29, 0.717) is 10.0 Å². The van der Waals surface area contributed by atoms with Crippen LogP contribution in [-0.4, -0.2) is 10.2 Å². The molecule has 0 aliphatic rings. The van der Waals surface area contributed by atoms with Crippen LogP contribution in [0.2, 0.25) is 0 Å². The Bertz CT molecular complexity index is 736. The zero-order valence-electron chi connectivity index (χ0n) is 9.98. The highest BCUT2D eigenvalue weighted by Gasteiger charge is 2.19. The van der Waals surface area contributed by atoms with E-state index in [9.17, 15) is 8.78 Å². The quantitative estimate of drug-likeness (QED) is 0.694. The molecule has 0 bridgehead atoms. The normalized spacial score (nSPS) is 10.8. The van der Waals surface area contributed by atoms with E-state index in [1.54, 1.807) is 24.3 Å². The van der Waals surface area contributed by atoms with Gasteiger partial charge in [0.05, 0.1) is 0 Å². The molecule has 0 aliphatic heterocycles. The van der Waals surface area contributed by atoms with Crippen LogP contribution in [0.4, 0.5) is 8.78 Å². The number of halogens is 3. The summed E-state index contributed by atoms with van der Waals surface area (Å²) < 4.78 is 33.3. The Balaban J connectivity index is 2.07. The van der Waals surface area contributed by atoms with Crippen molar-refractivity contribution >= 4 is 15.9 Å². The van der Waals surface area contributed by atoms with Crippen molar-refractivity contribution in [1.29, 1.82) is 0 Å². The van der Waals surface area contributed by atoms with Crippen LogP contribution in [0.3, 0.4) is 0 Å². The molecule has 20 heavy (non-hydrogen) atoms. The molecule has 0 atom stereocenters. The number of hydrogen-bond donors (Lipinski definition) is 0. The van der Waals surface area contributed by atoms with Crippen LogP contribution in [0, 0.1) is 11.6 Å². The molecule has 3 aromatic rings. The highest BCUT2D eigenvalue weighted by molar-refractivity contribution is 9.10. The van der Waals surface area contributed by atoms with Gasteiger partial charge in [-0.1, -0.05) is 34.1 Å². The van der Waals surface area contributed by atoms with Crippen LogP contribution in [-0.2, 0) is 0 Å². The van der Waals surface area contributed by atoms with E-state index in [4.69, 9.17) is 4.42 Å². The van der Waals surface area contributed by atoms with Crippen molar-refractivity contribution in [3.8, 4) is 22.9 Å². The molecule has 3 rings (SSSR count). The van der Waals surface area contributed by atoms with Gasteiger partial charge in [0, 0.05) is 10.0 Å². The van der Waals surface area contributed by atoms with Gasteiger partial charge < -0.3 is 4.42 Å². The average molecular weight is 337 g/mol. The standard InChI is InChI=1S/C14H7BrF2N2O/c15-9-6-10(16)12(11(17)7-9)14-19-18-13(20-14)8-4-2-1-3-5-8/h1-7H. The lowest BCUT2D eigenvalue weighted by Crippen LogP contribution is -1.90. The minimum absolute atomic E-state index is 0.189. The minimum atomic E-state index is -0.764. The third-order valence-corrected chi connectivity index (χ3v) is 3.12. The Morgan fingerprint density at radius 2 is 1.50 bits per heavy atom. The molecule has 100 valence electrons. The molecule has 0 saturated carbocycles. The summed E-state index contributed by atoms with van der Waals surface area (Å²) in [5.74, 6) is -1.51. The molecule has 0 saturated heterocycles. The van der Waals surface area contributed by atoms with E-state index in [1.165, 1.54) is 0 Å². The first-order valence-electron chi connectivity index (χ1n) is 5.69. The lowest BCUT2D eigenvalue weighted by molar-refractivity contribution is 0.547. The van der Waals surface area contributed by atoms with Crippen molar-refractivity contribution in [2.24, 2.45) is 0 Å². The molecular weight excluding hydrogens is 330 g/mol. The summed E-state index contributed by atoms with van der Waals surface area (Å²) >= 11 is 3.01. The predicted molar refractivity (Wildman–Crippen MR) is 72.8 cm³/mol. The van der Waals surface area contributed by atoms with Crippen molar-refractivity contribution in [2.45, 2.75) is 0 Å². The Hall–Kier alpha value is -2.08. The van der Waals surface area contributed by atoms with Gasteiger partial charge in [-0.15, -0.1) is 10.2 Å². The molecule has 1 heterocycles. The fourth-order valence-electron chi connectivity index (χ4n) is 1.77. The summed E-state index contributed by atoms with van der Waals surface area (Å²) in [6.07, 6.45) is 0. The highest BCUT2D eigenvalue weighted by atomic mass is 79.9. The van der Waals surface area contributed by atoms with Crippen LogP contribution in [0.25, 0.3) is 22.9 Å². The second-order valence-electron chi connectivity index (χ2n) is 4.02. The van der Waals surface area contributed by atoms with E-state index in [-0.39, 0.29) is 17.3 Å². The van der Waals surface area contributed by atoms with Gasteiger partial charge in [0.25, 0.3) is 5.89 Å². The Labute approximate surface area is 121 Å². The van der Waals surface area contributed by atoms with E-state index in [0.717, 1.165) is 12.1 Å². The van der Waals surface area contributed by atoms with Crippen molar-refractivity contribution in [1.82, 2.24) is 10.2 Å². The van der Waals surface area contributed by atoms with Crippen LogP contribution < -0.4 is 0 Å². The van der Waals surface area contributed by atoms with Gasteiger partial charge >= 0.3 is 0 Å². The van der Waals surface area contributed by atoms with E-state index in [2.05, 4.69) is 26.1 Å². The van der Waals surface area contributed by atoms with Crippen LogP contribution in [0.15, 0.2) is 51.4 Å². The summed E-state index contributed by atoms with van der Waals surface area (Å²) in [4.78, 5) is 0. The SMILES string of the molecule is Fc1cc(Br)cc(F)c1-c1nnc(-c2ccccc2)o1. The van der Waals surface area contributed by atoms with Gasteiger partial charge in [0.2, 0.25) is 5.89 Å². The first-order valence-corrected chi connectivity index (χ1v) is 6.48. The maximum atomic E-state index is 13.8. The fraction of sp³-hybridized carbons (Fsp3) is 0. The Morgan fingerprint density at radius 3 is 2.15 bits per heavy atom. The lowest BCUT2D eigenvalue weighted by Gasteiger charge is -2.00. The molecule has 0 fully saturated rings. The van der Waals surface area contributed by atoms with E-state index >= 15 is 0 Å². The largest absolute Gasteiger partial charge is 0.416 e. The third-order valence-electron chi connectivity index (χ3n) is 2.67. The third kappa shape index (κ3) is 2.34.